The first-order chi connectivity index (χ1) is 11.0. The minimum atomic E-state index is -0.203. The first-order valence-electron chi connectivity index (χ1n) is 8.36. The summed E-state index contributed by atoms with van der Waals surface area (Å²) in [7, 11) is 0. The lowest BCUT2D eigenvalue weighted by atomic mass is 9.86. The minimum absolute atomic E-state index is 0.00252. The van der Waals surface area contributed by atoms with E-state index in [9.17, 15) is 14.7 Å². The molecular formula is C17H27N3O3. The lowest BCUT2D eigenvalue weighted by Gasteiger charge is -2.30. The van der Waals surface area contributed by atoms with E-state index in [2.05, 4.69) is 10.6 Å². The summed E-state index contributed by atoms with van der Waals surface area (Å²) in [6.45, 7) is 3.36. The lowest BCUT2D eigenvalue weighted by molar-refractivity contribution is 0.121. The number of nitrogens with zero attached hydrogens (tertiary/aromatic N) is 1. The Morgan fingerprint density at radius 1 is 1.43 bits per heavy atom. The predicted octanol–water partition coefficient (Wildman–Crippen LogP) is 1.48. The fraction of sp³-hybridized carbons (Fsp3) is 0.647. The monoisotopic (exact) mass is 321 g/mol. The van der Waals surface area contributed by atoms with Crippen LogP contribution in [0.4, 0.5) is 4.79 Å². The molecular weight excluding hydrogens is 294 g/mol. The number of hydrogen-bond acceptors (Lipinski definition) is 3. The van der Waals surface area contributed by atoms with Gasteiger partial charge in [-0.25, -0.2) is 4.79 Å². The van der Waals surface area contributed by atoms with Crippen molar-refractivity contribution in [3.63, 3.8) is 0 Å². The molecule has 6 heteroatoms. The third-order valence-corrected chi connectivity index (χ3v) is 4.76. The molecule has 0 bridgehead atoms. The van der Waals surface area contributed by atoms with Gasteiger partial charge in [-0.1, -0.05) is 19.4 Å². The van der Waals surface area contributed by atoms with Gasteiger partial charge in [0.25, 0.3) is 0 Å². The Bertz CT molecular complexity index is 572. The molecule has 0 saturated heterocycles. The molecule has 0 spiro atoms. The van der Waals surface area contributed by atoms with E-state index in [1.807, 2.05) is 13.0 Å². The van der Waals surface area contributed by atoms with Crippen molar-refractivity contribution in [3.8, 4) is 0 Å². The normalized spacial score (nSPS) is 23.7. The number of nitrogens with one attached hydrogen (secondary N) is 2. The molecule has 128 valence electrons. The smallest absolute Gasteiger partial charge is 0.315 e. The van der Waals surface area contributed by atoms with Gasteiger partial charge >= 0.3 is 6.03 Å². The molecule has 23 heavy (non-hydrogen) atoms. The van der Waals surface area contributed by atoms with Crippen LogP contribution in [0, 0.1) is 5.41 Å². The Labute approximate surface area is 136 Å². The summed E-state index contributed by atoms with van der Waals surface area (Å²) in [6.07, 6.45) is 6.33. The summed E-state index contributed by atoms with van der Waals surface area (Å²) in [6, 6.07) is 4.98. The average Bonchev–Trinajstić information content (AvgIpc) is 2.90. The molecule has 1 saturated carbocycles. The van der Waals surface area contributed by atoms with Gasteiger partial charge in [0.1, 0.15) is 0 Å². The number of pyridine rings is 1. The predicted molar refractivity (Wildman–Crippen MR) is 89.3 cm³/mol. The van der Waals surface area contributed by atoms with Crippen LogP contribution in [0.1, 0.15) is 39.0 Å². The topological polar surface area (TPSA) is 83.4 Å². The molecule has 2 unspecified atom stereocenters. The highest BCUT2D eigenvalue weighted by Gasteiger charge is 2.38. The fourth-order valence-corrected chi connectivity index (χ4v) is 3.13. The molecule has 2 rings (SSSR count). The molecule has 2 atom stereocenters. The molecule has 2 amide bonds. The van der Waals surface area contributed by atoms with E-state index in [1.54, 1.807) is 22.9 Å². The minimum Gasteiger partial charge on any atom is -0.396 e. The van der Waals surface area contributed by atoms with Crippen molar-refractivity contribution in [2.24, 2.45) is 5.41 Å². The van der Waals surface area contributed by atoms with Crippen molar-refractivity contribution in [2.75, 3.05) is 13.2 Å². The van der Waals surface area contributed by atoms with Crippen LogP contribution >= 0.6 is 0 Å². The highest BCUT2D eigenvalue weighted by Crippen LogP contribution is 2.37. The fourth-order valence-electron chi connectivity index (χ4n) is 3.13. The second-order valence-electron chi connectivity index (χ2n) is 6.60. The van der Waals surface area contributed by atoms with Gasteiger partial charge in [-0.05, 0) is 31.7 Å². The van der Waals surface area contributed by atoms with Crippen LogP contribution in [-0.4, -0.2) is 34.9 Å². The Balaban J connectivity index is 1.64. The molecule has 1 heterocycles. The molecule has 0 aromatic carbocycles. The van der Waals surface area contributed by atoms with Crippen molar-refractivity contribution in [1.29, 1.82) is 0 Å². The number of hydrogen-bond donors (Lipinski definition) is 3. The van der Waals surface area contributed by atoms with Crippen molar-refractivity contribution in [2.45, 2.75) is 51.6 Å². The Kier molecular flexibility index (Phi) is 6.21. The van der Waals surface area contributed by atoms with Gasteiger partial charge in [-0.2, -0.15) is 0 Å². The summed E-state index contributed by atoms with van der Waals surface area (Å²) >= 11 is 0. The number of aliphatic hydroxyl groups is 1. The molecule has 1 aliphatic carbocycles. The van der Waals surface area contributed by atoms with Crippen LogP contribution in [0.3, 0.4) is 0 Å². The van der Waals surface area contributed by atoms with Gasteiger partial charge in [0, 0.05) is 36.8 Å². The molecule has 1 aliphatic rings. The van der Waals surface area contributed by atoms with Gasteiger partial charge in [0.05, 0.1) is 6.61 Å². The summed E-state index contributed by atoms with van der Waals surface area (Å²) in [4.78, 5) is 23.5. The first-order valence-corrected chi connectivity index (χ1v) is 8.36. The average molecular weight is 321 g/mol. The number of carbonyl (C=O) groups excluding carboxylic acids is 1. The third-order valence-electron chi connectivity index (χ3n) is 4.76. The van der Waals surface area contributed by atoms with E-state index in [1.165, 1.54) is 0 Å². The van der Waals surface area contributed by atoms with Crippen molar-refractivity contribution >= 4 is 6.03 Å². The van der Waals surface area contributed by atoms with Gasteiger partial charge in [0.15, 0.2) is 0 Å². The SMILES string of the molecule is CC1(CO)CCCC1NC(=O)NCCCCn1ccccc1=O. The van der Waals surface area contributed by atoms with Crippen LogP contribution in [0.2, 0.25) is 0 Å². The quantitative estimate of drug-likeness (QED) is 0.665. The number of unbranched alkanes of at least 4 members (excludes halogenated alkanes) is 1. The van der Waals surface area contributed by atoms with Gasteiger partial charge in [-0.15, -0.1) is 0 Å². The van der Waals surface area contributed by atoms with Crippen LogP contribution < -0.4 is 16.2 Å². The zero-order chi connectivity index (χ0) is 16.7. The van der Waals surface area contributed by atoms with Crippen LogP contribution in [0.15, 0.2) is 29.2 Å². The van der Waals surface area contributed by atoms with Crippen LogP contribution in [0.5, 0.6) is 0 Å². The Morgan fingerprint density at radius 3 is 3.00 bits per heavy atom. The number of aliphatic hydroxyl groups excluding tert-OH is 1. The van der Waals surface area contributed by atoms with Gasteiger partial charge in [0.2, 0.25) is 5.56 Å². The molecule has 6 nitrogen and oxygen atoms in total. The maximum atomic E-state index is 11.9. The number of carbonyl (C=O) groups is 1. The Morgan fingerprint density at radius 2 is 2.26 bits per heavy atom. The number of aromatic nitrogens is 1. The summed E-state index contributed by atoms with van der Waals surface area (Å²) < 4.78 is 1.67. The highest BCUT2D eigenvalue weighted by molar-refractivity contribution is 5.74. The number of rotatable bonds is 7. The second-order valence-corrected chi connectivity index (χ2v) is 6.60. The van der Waals surface area contributed by atoms with E-state index in [-0.39, 0.29) is 29.7 Å². The molecule has 1 aromatic heterocycles. The van der Waals surface area contributed by atoms with Crippen molar-refractivity contribution < 1.29 is 9.90 Å². The third kappa shape index (κ3) is 4.82. The molecule has 3 N–H and O–H groups in total. The number of amides is 2. The first kappa shape index (κ1) is 17.5. The largest absolute Gasteiger partial charge is 0.396 e. The zero-order valence-corrected chi connectivity index (χ0v) is 13.8. The standard InChI is InChI=1S/C17H27N3O3/c1-17(13-21)9-6-7-14(17)19-16(23)18-10-3-5-12-20-11-4-2-8-15(20)22/h2,4,8,11,14,21H,3,5-7,9-10,12-13H2,1H3,(H2,18,19,23). The van der Waals surface area contributed by atoms with E-state index < -0.39 is 0 Å². The van der Waals surface area contributed by atoms with Crippen LogP contribution in [0.25, 0.3) is 0 Å². The van der Waals surface area contributed by atoms with E-state index in [0.29, 0.717) is 13.1 Å². The van der Waals surface area contributed by atoms with Crippen LogP contribution in [-0.2, 0) is 6.54 Å². The molecule has 0 aliphatic heterocycles. The highest BCUT2D eigenvalue weighted by atomic mass is 16.3. The lowest BCUT2D eigenvalue weighted by Crippen LogP contribution is -2.48. The summed E-state index contributed by atoms with van der Waals surface area (Å²) in [5, 5.41) is 15.3. The van der Waals surface area contributed by atoms with E-state index >= 15 is 0 Å². The molecule has 0 radical (unpaired) electrons. The summed E-state index contributed by atoms with van der Waals surface area (Å²) in [5.74, 6) is 0. The van der Waals surface area contributed by atoms with Crippen molar-refractivity contribution in [1.82, 2.24) is 15.2 Å². The maximum Gasteiger partial charge on any atom is 0.315 e. The van der Waals surface area contributed by atoms with E-state index in [4.69, 9.17) is 0 Å². The number of urea groups is 1. The second kappa shape index (κ2) is 8.15. The summed E-state index contributed by atoms with van der Waals surface area (Å²) in [5.41, 5.74) is -0.200. The van der Waals surface area contributed by atoms with E-state index in [0.717, 1.165) is 32.1 Å². The molecule has 1 fully saturated rings. The van der Waals surface area contributed by atoms with Gasteiger partial charge < -0.3 is 20.3 Å². The van der Waals surface area contributed by atoms with Gasteiger partial charge in [-0.3, -0.25) is 4.79 Å². The maximum absolute atomic E-state index is 11.9. The Hall–Kier alpha value is -1.82. The molecule has 1 aromatic rings. The zero-order valence-electron chi connectivity index (χ0n) is 13.8. The number of aryl methyl sites for hydroxylation is 1. The van der Waals surface area contributed by atoms with Crippen molar-refractivity contribution in [3.05, 3.63) is 34.7 Å².